The second-order valence-corrected chi connectivity index (χ2v) is 2.31. The summed E-state index contributed by atoms with van der Waals surface area (Å²) >= 11 is 0. The zero-order valence-corrected chi connectivity index (χ0v) is 7.79. The third kappa shape index (κ3) is 4.97. The summed E-state index contributed by atoms with van der Waals surface area (Å²) in [6, 6.07) is -0.566. The molecule has 0 aromatic carbocycles. The number of ether oxygens (including phenoxy) is 1. The molecule has 1 atom stereocenters. The van der Waals surface area contributed by atoms with E-state index < -0.39 is 17.9 Å². The standard InChI is InChI=1S/C8H14N2O3/c1-4-7(11)10-9-6(3)8(12)13-5-2/h4,6,9H,1,5H2,2-3H3,(H,10,11)/t6-/m0/s1. The van der Waals surface area contributed by atoms with Crippen molar-refractivity contribution in [3.05, 3.63) is 12.7 Å². The Morgan fingerprint density at radius 2 is 2.23 bits per heavy atom. The SMILES string of the molecule is C=CC(=O)NN[C@@H](C)C(=O)OCC. The van der Waals surface area contributed by atoms with E-state index in [4.69, 9.17) is 4.74 Å². The maximum absolute atomic E-state index is 11.0. The summed E-state index contributed by atoms with van der Waals surface area (Å²) in [7, 11) is 0. The lowest BCUT2D eigenvalue weighted by molar-refractivity contribution is -0.145. The minimum atomic E-state index is -0.566. The van der Waals surface area contributed by atoms with E-state index in [1.54, 1.807) is 13.8 Å². The third-order valence-corrected chi connectivity index (χ3v) is 1.24. The Kier molecular flexibility index (Phi) is 5.54. The van der Waals surface area contributed by atoms with Crippen molar-refractivity contribution in [3.8, 4) is 0 Å². The largest absolute Gasteiger partial charge is 0.465 e. The van der Waals surface area contributed by atoms with Crippen molar-refractivity contribution in [3.63, 3.8) is 0 Å². The van der Waals surface area contributed by atoms with Crippen molar-refractivity contribution >= 4 is 11.9 Å². The van der Waals surface area contributed by atoms with Crippen LogP contribution in [-0.2, 0) is 14.3 Å². The predicted molar refractivity (Wildman–Crippen MR) is 47.6 cm³/mol. The van der Waals surface area contributed by atoms with Gasteiger partial charge < -0.3 is 4.74 Å². The number of hydrazine groups is 1. The van der Waals surface area contributed by atoms with Gasteiger partial charge in [-0.05, 0) is 19.9 Å². The number of carbonyl (C=O) groups excluding carboxylic acids is 2. The van der Waals surface area contributed by atoms with E-state index in [2.05, 4.69) is 17.4 Å². The minimum Gasteiger partial charge on any atom is -0.465 e. The zero-order valence-electron chi connectivity index (χ0n) is 7.79. The van der Waals surface area contributed by atoms with Gasteiger partial charge >= 0.3 is 5.97 Å². The molecule has 0 bridgehead atoms. The fraction of sp³-hybridized carbons (Fsp3) is 0.500. The van der Waals surface area contributed by atoms with Crippen molar-refractivity contribution in [2.75, 3.05) is 6.61 Å². The van der Waals surface area contributed by atoms with Crippen molar-refractivity contribution in [1.29, 1.82) is 0 Å². The summed E-state index contributed by atoms with van der Waals surface area (Å²) in [5.41, 5.74) is 4.74. The summed E-state index contributed by atoms with van der Waals surface area (Å²) in [5, 5.41) is 0. The highest BCUT2D eigenvalue weighted by molar-refractivity contribution is 5.86. The van der Waals surface area contributed by atoms with E-state index in [0.29, 0.717) is 6.61 Å². The number of hydrogen-bond acceptors (Lipinski definition) is 4. The summed E-state index contributed by atoms with van der Waals surface area (Å²) < 4.78 is 4.69. The first kappa shape index (κ1) is 11.6. The molecule has 0 spiro atoms. The number of hydrogen-bond donors (Lipinski definition) is 2. The molecule has 5 heteroatoms. The molecule has 0 fully saturated rings. The van der Waals surface area contributed by atoms with E-state index in [-0.39, 0.29) is 0 Å². The summed E-state index contributed by atoms with van der Waals surface area (Å²) in [6.07, 6.45) is 1.10. The molecule has 0 aliphatic rings. The Balaban J connectivity index is 3.73. The van der Waals surface area contributed by atoms with Crippen molar-refractivity contribution in [2.45, 2.75) is 19.9 Å². The van der Waals surface area contributed by atoms with Gasteiger partial charge in [-0.2, -0.15) is 0 Å². The number of carbonyl (C=O) groups is 2. The zero-order chi connectivity index (χ0) is 10.3. The van der Waals surface area contributed by atoms with Gasteiger partial charge in [-0.1, -0.05) is 6.58 Å². The van der Waals surface area contributed by atoms with Gasteiger partial charge in [0.25, 0.3) is 5.91 Å². The maximum atomic E-state index is 11.0. The van der Waals surface area contributed by atoms with Crippen LogP contribution in [-0.4, -0.2) is 24.5 Å². The Bertz CT molecular complexity index is 204. The molecule has 0 heterocycles. The Labute approximate surface area is 77.1 Å². The van der Waals surface area contributed by atoms with E-state index in [1.807, 2.05) is 0 Å². The van der Waals surface area contributed by atoms with Gasteiger partial charge in [-0.15, -0.1) is 0 Å². The van der Waals surface area contributed by atoms with Crippen LogP contribution in [0, 0.1) is 0 Å². The van der Waals surface area contributed by atoms with Crippen LogP contribution >= 0.6 is 0 Å². The van der Waals surface area contributed by atoms with Gasteiger partial charge in [0.1, 0.15) is 6.04 Å². The van der Waals surface area contributed by atoms with Crippen LogP contribution in [0.25, 0.3) is 0 Å². The van der Waals surface area contributed by atoms with Gasteiger partial charge in [-0.25, -0.2) is 5.43 Å². The van der Waals surface area contributed by atoms with Gasteiger partial charge in [0.15, 0.2) is 0 Å². The number of amides is 1. The molecule has 0 aliphatic carbocycles. The molecule has 0 aliphatic heterocycles. The van der Waals surface area contributed by atoms with Crippen LogP contribution in [0.4, 0.5) is 0 Å². The van der Waals surface area contributed by atoms with Crippen molar-refractivity contribution < 1.29 is 14.3 Å². The lowest BCUT2D eigenvalue weighted by Gasteiger charge is -2.11. The van der Waals surface area contributed by atoms with Crippen LogP contribution in [0.3, 0.4) is 0 Å². The average Bonchev–Trinajstić information content (AvgIpc) is 2.13. The molecular weight excluding hydrogens is 172 g/mol. The summed E-state index contributed by atoms with van der Waals surface area (Å²) in [4.78, 5) is 21.6. The quantitative estimate of drug-likeness (QED) is 0.353. The number of nitrogens with one attached hydrogen (secondary N) is 2. The Hall–Kier alpha value is -1.36. The predicted octanol–water partition coefficient (Wildman–Crippen LogP) is -0.255. The topological polar surface area (TPSA) is 67.4 Å². The first-order chi connectivity index (χ1) is 6.11. The Morgan fingerprint density at radius 3 is 2.69 bits per heavy atom. The highest BCUT2D eigenvalue weighted by atomic mass is 16.5. The molecule has 0 saturated heterocycles. The molecule has 1 amide bonds. The monoisotopic (exact) mass is 186 g/mol. The van der Waals surface area contributed by atoms with Crippen LogP contribution in [0.2, 0.25) is 0 Å². The van der Waals surface area contributed by atoms with E-state index in [0.717, 1.165) is 6.08 Å². The third-order valence-electron chi connectivity index (χ3n) is 1.24. The summed E-state index contributed by atoms with van der Waals surface area (Å²) in [6.45, 7) is 6.87. The molecule has 0 aromatic heterocycles. The highest BCUT2D eigenvalue weighted by Gasteiger charge is 2.12. The fourth-order valence-electron chi connectivity index (χ4n) is 0.557. The fourth-order valence-corrected chi connectivity index (χ4v) is 0.557. The van der Waals surface area contributed by atoms with Crippen LogP contribution < -0.4 is 10.9 Å². The second kappa shape index (κ2) is 6.19. The molecule has 13 heavy (non-hydrogen) atoms. The molecule has 0 unspecified atom stereocenters. The smallest absolute Gasteiger partial charge is 0.324 e. The van der Waals surface area contributed by atoms with Gasteiger partial charge in [0, 0.05) is 0 Å². The van der Waals surface area contributed by atoms with Crippen LogP contribution in [0.1, 0.15) is 13.8 Å². The van der Waals surface area contributed by atoms with E-state index in [9.17, 15) is 9.59 Å². The number of esters is 1. The van der Waals surface area contributed by atoms with Crippen LogP contribution in [0.5, 0.6) is 0 Å². The second-order valence-electron chi connectivity index (χ2n) is 2.31. The lowest BCUT2D eigenvalue weighted by atomic mass is 10.4. The van der Waals surface area contributed by atoms with E-state index >= 15 is 0 Å². The molecule has 0 rings (SSSR count). The first-order valence-electron chi connectivity index (χ1n) is 3.96. The molecule has 74 valence electrons. The highest BCUT2D eigenvalue weighted by Crippen LogP contribution is 1.85. The summed E-state index contributed by atoms with van der Waals surface area (Å²) in [5.74, 6) is -0.803. The van der Waals surface area contributed by atoms with Gasteiger partial charge in [0.2, 0.25) is 0 Å². The molecule has 0 radical (unpaired) electrons. The Morgan fingerprint density at radius 1 is 1.62 bits per heavy atom. The maximum Gasteiger partial charge on any atom is 0.324 e. The molecule has 0 saturated carbocycles. The van der Waals surface area contributed by atoms with Gasteiger partial charge in [0.05, 0.1) is 6.61 Å². The molecule has 0 aromatic rings. The number of rotatable bonds is 5. The molecule has 5 nitrogen and oxygen atoms in total. The van der Waals surface area contributed by atoms with Crippen molar-refractivity contribution in [2.24, 2.45) is 0 Å². The normalized spacial score (nSPS) is 11.5. The molecule has 2 N–H and O–H groups in total. The minimum absolute atomic E-state index is 0.320. The lowest BCUT2D eigenvalue weighted by Crippen LogP contribution is -2.46. The van der Waals surface area contributed by atoms with Crippen LogP contribution in [0.15, 0.2) is 12.7 Å². The van der Waals surface area contributed by atoms with Gasteiger partial charge in [-0.3, -0.25) is 15.0 Å². The van der Waals surface area contributed by atoms with E-state index in [1.165, 1.54) is 0 Å². The van der Waals surface area contributed by atoms with Crippen molar-refractivity contribution in [1.82, 2.24) is 10.9 Å². The first-order valence-corrected chi connectivity index (χ1v) is 3.96. The molecular formula is C8H14N2O3. The average molecular weight is 186 g/mol.